The van der Waals surface area contributed by atoms with E-state index in [1.165, 1.54) is 0 Å². The molecule has 3 aromatic rings. The van der Waals surface area contributed by atoms with Crippen LogP contribution in [0.1, 0.15) is 16.7 Å². The molecule has 1 heterocycles. The number of hydrogen-bond acceptors (Lipinski definition) is 3. The predicted octanol–water partition coefficient (Wildman–Crippen LogP) is 3.81. The highest BCUT2D eigenvalue weighted by Gasteiger charge is 2.27. The van der Waals surface area contributed by atoms with Gasteiger partial charge in [-0.15, -0.1) is 0 Å². The molecule has 0 unspecified atom stereocenters. The van der Waals surface area contributed by atoms with Crippen molar-refractivity contribution in [2.45, 2.75) is 25.7 Å². The van der Waals surface area contributed by atoms with Crippen LogP contribution in [0.5, 0.6) is 0 Å². The van der Waals surface area contributed by atoms with Gasteiger partial charge in [-0.2, -0.15) is 18.3 Å². The number of alkyl halides is 3. The fraction of sp³-hybridized carbons (Fsp3) is 0.238. The molecule has 152 valence electrons. The Hall–Kier alpha value is -3.13. The van der Waals surface area contributed by atoms with Crippen molar-refractivity contribution in [1.82, 2.24) is 15.1 Å². The Kier molecular flexibility index (Phi) is 6.66. The number of rotatable bonds is 8. The van der Waals surface area contributed by atoms with Crippen molar-refractivity contribution in [3.63, 3.8) is 0 Å². The molecule has 0 spiro atoms. The highest BCUT2D eigenvalue weighted by Crippen LogP contribution is 2.16. The molecule has 1 aromatic heterocycles. The fourth-order valence-electron chi connectivity index (χ4n) is 2.66. The van der Waals surface area contributed by atoms with Gasteiger partial charge in [0.05, 0.1) is 24.9 Å². The van der Waals surface area contributed by atoms with Gasteiger partial charge in [-0.3, -0.25) is 4.79 Å². The number of halogens is 3. The van der Waals surface area contributed by atoms with Gasteiger partial charge in [0.1, 0.15) is 6.61 Å². The summed E-state index contributed by atoms with van der Waals surface area (Å²) in [7, 11) is 0. The lowest BCUT2D eigenvalue weighted by molar-refractivity contribution is -0.176. The standard InChI is InChI=1S/C21H20F3N3O2/c22-21(23,24)15-29-14-17-8-6-16(7-9-17)11-25-20(28)10-18-12-26-27(13-18)19-4-2-1-3-5-19/h1-9,12-13H,10-11,14-15H2,(H,25,28). The quantitative estimate of drug-likeness (QED) is 0.622. The second-order valence-corrected chi connectivity index (χ2v) is 6.51. The predicted molar refractivity (Wildman–Crippen MR) is 101 cm³/mol. The molecule has 1 N–H and O–H groups in total. The highest BCUT2D eigenvalue weighted by atomic mass is 19.4. The van der Waals surface area contributed by atoms with Gasteiger partial charge in [0.15, 0.2) is 0 Å². The van der Waals surface area contributed by atoms with Crippen molar-refractivity contribution in [3.8, 4) is 5.69 Å². The summed E-state index contributed by atoms with van der Waals surface area (Å²) in [5.74, 6) is -0.143. The van der Waals surface area contributed by atoms with Crippen LogP contribution in [-0.4, -0.2) is 28.5 Å². The summed E-state index contributed by atoms with van der Waals surface area (Å²) in [5.41, 5.74) is 3.19. The molecule has 1 amide bonds. The van der Waals surface area contributed by atoms with Crippen LogP contribution < -0.4 is 5.32 Å². The maximum atomic E-state index is 12.2. The van der Waals surface area contributed by atoms with Crippen molar-refractivity contribution in [2.75, 3.05) is 6.61 Å². The Labute approximate surface area is 166 Å². The Morgan fingerprint density at radius 2 is 1.69 bits per heavy atom. The fourth-order valence-corrected chi connectivity index (χ4v) is 2.66. The number of carbonyl (C=O) groups is 1. The molecule has 0 bridgehead atoms. The first-order chi connectivity index (χ1) is 13.9. The van der Waals surface area contributed by atoms with Gasteiger partial charge in [-0.05, 0) is 28.8 Å². The molecule has 0 radical (unpaired) electrons. The Bertz CT molecular complexity index is 922. The highest BCUT2D eigenvalue weighted by molar-refractivity contribution is 5.78. The van der Waals surface area contributed by atoms with E-state index in [-0.39, 0.29) is 18.9 Å². The summed E-state index contributed by atoms with van der Waals surface area (Å²) in [6.07, 6.45) is -0.662. The van der Waals surface area contributed by atoms with E-state index in [1.807, 2.05) is 36.5 Å². The summed E-state index contributed by atoms with van der Waals surface area (Å²) >= 11 is 0. The van der Waals surface area contributed by atoms with Crippen molar-refractivity contribution in [1.29, 1.82) is 0 Å². The van der Waals surface area contributed by atoms with Crippen molar-refractivity contribution < 1.29 is 22.7 Å². The monoisotopic (exact) mass is 403 g/mol. The third-order valence-electron chi connectivity index (χ3n) is 4.07. The number of para-hydroxylation sites is 1. The SMILES string of the molecule is O=C(Cc1cnn(-c2ccccc2)c1)NCc1ccc(COCC(F)(F)F)cc1. The number of amides is 1. The summed E-state index contributed by atoms with van der Waals surface area (Å²) in [4.78, 5) is 12.2. The van der Waals surface area contributed by atoms with E-state index in [0.717, 1.165) is 16.8 Å². The van der Waals surface area contributed by atoms with E-state index in [9.17, 15) is 18.0 Å². The lowest BCUT2D eigenvalue weighted by atomic mass is 10.1. The van der Waals surface area contributed by atoms with Crippen LogP contribution in [-0.2, 0) is 29.1 Å². The van der Waals surface area contributed by atoms with Gasteiger partial charge in [-0.1, -0.05) is 42.5 Å². The molecule has 0 aliphatic rings. The number of hydrogen-bond donors (Lipinski definition) is 1. The van der Waals surface area contributed by atoms with Crippen LogP contribution in [0.2, 0.25) is 0 Å². The number of nitrogens with zero attached hydrogens (tertiary/aromatic N) is 2. The minimum Gasteiger partial charge on any atom is -0.367 e. The molecule has 0 saturated carbocycles. The van der Waals surface area contributed by atoms with Gasteiger partial charge >= 0.3 is 6.18 Å². The Morgan fingerprint density at radius 3 is 2.38 bits per heavy atom. The van der Waals surface area contributed by atoms with Crippen molar-refractivity contribution in [3.05, 3.63) is 83.7 Å². The first-order valence-electron chi connectivity index (χ1n) is 8.97. The van der Waals surface area contributed by atoms with Crippen molar-refractivity contribution in [2.24, 2.45) is 0 Å². The molecule has 0 aliphatic carbocycles. The molecule has 3 rings (SSSR count). The average Bonchev–Trinajstić information content (AvgIpc) is 3.15. The van der Waals surface area contributed by atoms with Crippen LogP contribution in [0.4, 0.5) is 13.2 Å². The summed E-state index contributed by atoms with van der Waals surface area (Å²) in [6, 6.07) is 16.5. The molecule has 0 fully saturated rings. The van der Waals surface area contributed by atoms with Gasteiger partial charge in [0.2, 0.25) is 5.91 Å². The normalized spacial score (nSPS) is 11.4. The van der Waals surface area contributed by atoms with Crippen LogP contribution in [0.3, 0.4) is 0 Å². The average molecular weight is 403 g/mol. The second kappa shape index (κ2) is 9.38. The zero-order valence-corrected chi connectivity index (χ0v) is 15.5. The van der Waals surface area contributed by atoms with Crippen LogP contribution in [0, 0.1) is 0 Å². The molecule has 0 atom stereocenters. The molecule has 5 nitrogen and oxygen atoms in total. The molecular formula is C21H20F3N3O2. The molecule has 8 heteroatoms. The number of nitrogens with one attached hydrogen (secondary N) is 1. The number of carbonyl (C=O) groups excluding carboxylic acids is 1. The first kappa shape index (κ1) is 20.6. The van der Waals surface area contributed by atoms with Gasteiger partial charge in [-0.25, -0.2) is 4.68 Å². The van der Waals surface area contributed by atoms with E-state index >= 15 is 0 Å². The maximum Gasteiger partial charge on any atom is 0.411 e. The third kappa shape index (κ3) is 6.76. The summed E-state index contributed by atoms with van der Waals surface area (Å²) in [6.45, 7) is -1.06. The van der Waals surface area contributed by atoms with Gasteiger partial charge in [0.25, 0.3) is 0 Å². The minimum atomic E-state index is -4.33. The lowest BCUT2D eigenvalue weighted by Gasteiger charge is -2.09. The molecule has 0 saturated heterocycles. The van der Waals surface area contributed by atoms with Gasteiger partial charge in [0, 0.05) is 12.7 Å². The zero-order valence-electron chi connectivity index (χ0n) is 15.5. The van der Waals surface area contributed by atoms with E-state index in [2.05, 4.69) is 15.2 Å². The van der Waals surface area contributed by atoms with Crippen LogP contribution in [0.25, 0.3) is 5.69 Å². The van der Waals surface area contributed by atoms with E-state index in [1.54, 1.807) is 35.1 Å². The molecular weight excluding hydrogens is 383 g/mol. The van der Waals surface area contributed by atoms with Crippen LogP contribution in [0.15, 0.2) is 67.0 Å². The summed E-state index contributed by atoms with van der Waals surface area (Å²) < 4.78 is 42.5. The molecule has 29 heavy (non-hydrogen) atoms. The zero-order chi connectivity index (χ0) is 20.7. The molecule has 0 aliphatic heterocycles. The van der Waals surface area contributed by atoms with Crippen LogP contribution >= 0.6 is 0 Å². The number of benzene rings is 2. The van der Waals surface area contributed by atoms with E-state index < -0.39 is 12.8 Å². The number of aromatic nitrogens is 2. The Morgan fingerprint density at radius 1 is 1.00 bits per heavy atom. The third-order valence-corrected chi connectivity index (χ3v) is 4.07. The second-order valence-electron chi connectivity index (χ2n) is 6.51. The summed E-state index contributed by atoms with van der Waals surface area (Å²) in [5, 5.41) is 7.08. The molecule has 2 aromatic carbocycles. The smallest absolute Gasteiger partial charge is 0.367 e. The van der Waals surface area contributed by atoms with E-state index in [4.69, 9.17) is 0 Å². The minimum absolute atomic E-state index is 0.114. The largest absolute Gasteiger partial charge is 0.411 e. The van der Waals surface area contributed by atoms with Gasteiger partial charge < -0.3 is 10.1 Å². The van der Waals surface area contributed by atoms with Crippen molar-refractivity contribution >= 4 is 5.91 Å². The topological polar surface area (TPSA) is 56.2 Å². The Balaban J connectivity index is 1.44. The van der Waals surface area contributed by atoms with E-state index in [0.29, 0.717) is 12.1 Å². The number of ether oxygens (including phenoxy) is 1. The maximum absolute atomic E-state index is 12.2. The first-order valence-corrected chi connectivity index (χ1v) is 8.97. The lowest BCUT2D eigenvalue weighted by Crippen LogP contribution is -2.24.